The monoisotopic (exact) mass is 197 g/mol. The zero-order valence-electron chi connectivity index (χ0n) is 8.32. The third-order valence-corrected chi connectivity index (χ3v) is 2.23. The minimum Gasteiger partial charge on any atom is -0.384 e. The fraction of sp³-hybridized carbons (Fsp3) is 0.778. The van der Waals surface area contributed by atoms with E-state index in [4.69, 9.17) is 10.00 Å². The van der Waals surface area contributed by atoms with Gasteiger partial charge in [-0.25, -0.2) is 0 Å². The molecule has 0 aliphatic carbocycles. The number of carbonyl (C=O) groups excluding carboxylic acids is 1. The van der Waals surface area contributed by atoms with E-state index in [9.17, 15) is 4.79 Å². The molecule has 1 aliphatic heterocycles. The van der Waals surface area contributed by atoms with E-state index in [0.29, 0.717) is 26.1 Å². The van der Waals surface area contributed by atoms with Gasteiger partial charge in [0.2, 0.25) is 5.91 Å². The van der Waals surface area contributed by atoms with Crippen molar-refractivity contribution >= 4 is 5.91 Å². The van der Waals surface area contributed by atoms with Crippen LogP contribution in [-0.2, 0) is 9.53 Å². The Morgan fingerprint density at radius 2 is 2.57 bits per heavy atom. The van der Waals surface area contributed by atoms with Crippen molar-refractivity contribution in [2.75, 3.05) is 33.4 Å². The molecular weight excluding hydrogens is 182 g/mol. The number of hydrogen-bond acceptors (Lipinski definition) is 4. The summed E-state index contributed by atoms with van der Waals surface area (Å²) in [6.45, 7) is 2.35. The molecule has 1 saturated heterocycles. The van der Waals surface area contributed by atoms with E-state index < -0.39 is 0 Å². The topological polar surface area (TPSA) is 65.4 Å². The van der Waals surface area contributed by atoms with Crippen molar-refractivity contribution in [2.45, 2.75) is 12.5 Å². The van der Waals surface area contributed by atoms with E-state index in [1.165, 1.54) is 0 Å². The lowest BCUT2D eigenvalue weighted by Gasteiger charge is -2.31. The summed E-state index contributed by atoms with van der Waals surface area (Å²) >= 11 is 0. The van der Waals surface area contributed by atoms with Gasteiger partial charge in [0.05, 0.1) is 19.1 Å². The number of hydrogen-bond donors (Lipinski definition) is 1. The van der Waals surface area contributed by atoms with Crippen molar-refractivity contribution in [3.05, 3.63) is 0 Å². The standard InChI is InChI=1S/C9H15N3O2/c1-14-5-2-9(13)12-4-3-11-7-8(12)6-10/h8,11H,2-5,7H2,1H3. The minimum absolute atomic E-state index is 0.0000926. The van der Waals surface area contributed by atoms with Crippen LogP contribution in [-0.4, -0.2) is 50.2 Å². The molecule has 1 N–H and O–H groups in total. The van der Waals surface area contributed by atoms with Gasteiger partial charge in [-0.2, -0.15) is 5.26 Å². The molecule has 0 spiro atoms. The molecule has 0 aromatic heterocycles. The second-order valence-electron chi connectivity index (χ2n) is 3.18. The Morgan fingerprint density at radius 3 is 3.21 bits per heavy atom. The Labute approximate surface area is 83.6 Å². The van der Waals surface area contributed by atoms with Crippen LogP contribution in [0.2, 0.25) is 0 Å². The normalized spacial score (nSPS) is 21.7. The Bertz CT molecular complexity index is 237. The molecule has 1 heterocycles. The van der Waals surface area contributed by atoms with Gasteiger partial charge >= 0.3 is 0 Å². The highest BCUT2D eigenvalue weighted by Crippen LogP contribution is 2.04. The van der Waals surface area contributed by atoms with E-state index >= 15 is 0 Å². The third kappa shape index (κ3) is 2.69. The molecule has 1 atom stereocenters. The Kier molecular flexibility index (Phi) is 4.36. The number of carbonyl (C=O) groups is 1. The van der Waals surface area contributed by atoms with Crippen molar-refractivity contribution in [3.8, 4) is 6.07 Å². The molecular formula is C9H15N3O2. The van der Waals surface area contributed by atoms with Gasteiger partial charge in [0.15, 0.2) is 0 Å². The number of amides is 1. The molecule has 78 valence electrons. The first-order valence-electron chi connectivity index (χ1n) is 4.68. The maximum absolute atomic E-state index is 11.6. The van der Waals surface area contributed by atoms with Crippen molar-refractivity contribution < 1.29 is 9.53 Å². The summed E-state index contributed by atoms with van der Waals surface area (Å²) in [7, 11) is 1.56. The molecule has 5 nitrogen and oxygen atoms in total. The fourth-order valence-corrected chi connectivity index (χ4v) is 1.45. The quantitative estimate of drug-likeness (QED) is 0.652. The van der Waals surface area contributed by atoms with Crippen LogP contribution in [0.4, 0.5) is 0 Å². The number of ether oxygens (including phenoxy) is 1. The predicted molar refractivity (Wildman–Crippen MR) is 50.5 cm³/mol. The molecule has 0 radical (unpaired) electrons. The van der Waals surface area contributed by atoms with Gasteiger partial charge in [0.25, 0.3) is 0 Å². The fourth-order valence-electron chi connectivity index (χ4n) is 1.45. The van der Waals surface area contributed by atoms with Gasteiger partial charge in [0.1, 0.15) is 6.04 Å². The number of piperazine rings is 1. The molecule has 1 aliphatic rings. The van der Waals surface area contributed by atoms with Crippen molar-refractivity contribution in [2.24, 2.45) is 0 Å². The lowest BCUT2D eigenvalue weighted by atomic mass is 10.2. The van der Waals surface area contributed by atoms with Crippen LogP contribution in [0.1, 0.15) is 6.42 Å². The third-order valence-electron chi connectivity index (χ3n) is 2.23. The van der Waals surface area contributed by atoms with Crippen LogP contribution in [0.25, 0.3) is 0 Å². The van der Waals surface area contributed by atoms with Crippen LogP contribution in [0.3, 0.4) is 0 Å². The second kappa shape index (κ2) is 5.58. The van der Waals surface area contributed by atoms with E-state index in [0.717, 1.165) is 6.54 Å². The average molecular weight is 197 g/mol. The summed E-state index contributed by atoms with van der Waals surface area (Å²) in [5.74, 6) is -0.0000926. The van der Waals surface area contributed by atoms with Gasteiger partial charge in [-0.05, 0) is 0 Å². The number of nitriles is 1. The molecule has 1 fully saturated rings. The molecule has 0 bridgehead atoms. The SMILES string of the molecule is COCCC(=O)N1CCNCC1C#N. The van der Waals surface area contributed by atoms with E-state index in [2.05, 4.69) is 11.4 Å². The Morgan fingerprint density at radius 1 is 1.79 bits per heavy atom. The lowest BCUT2D eigenvalue weighted by molar-refractivity contribution is -0.134. The summed E-state index contributed by atoms with van der Waals surface area (Å²) in [4.78, 5) is 13.2. The smallest absolute Gasteiger partial charge is 0.226 e. The van der Waals surface area contributed by atoms with Crippen molar-refractivity contribution in [1.29, 1.82) is 5.26 Å². The van der Waals surface area contributed by atoms with Gasteiger partial charge in [0, 0.05) is 26.7 Å². The summed E-state index contributed by atoms with van der Waals surface area (Å²) in [6.07, 6.45) is 0.356. The van der Waals surface area contributed by atoms with Crippen LogP contribution in [0.15, 0.2) is 0 Å². The zero-order chi connectivity index (χ0) is 10.4. The first kappa shape index (κ1) is 11.0. The van der Waals surface area contributed by atoms with Gasteiger partial charge in [-0.15, -0.1) is 0 Å². The van der Waals surface area contributed by atoms with Crippen LogP contribution < -0.4 is 5.32 Å². The summed E-state index contributed by atoms with van der Waals surface area (Å²) in [5.41, 5.74) is 0. The molecule has 0 aromatic rings. The maximum atomic E-state index is 11.6. The van der Waals surface area contributed by atoms with Gasteiger partial charge in [-0.1, -0.05) is 0 Å². The Hall–Kier alpha value is -1.12. The first-order chi connectivity index (χ1) is 6.79. The number of nitrogens with one attached hydrogen (secondary N) is 1. The summed E-state index contributed by atoms with van der Waals surface area (Å²) in [5, 5.41) is 11.9. The second-order valence-corrected chi connectivity index (χ2v) is 3.18. The van der Waals surface area contributed by atoms with E-state index in [1.807, 2.05) is 0 Å². The van der Waals surface area contributed by atoms with Crippen LogP contribution >= 0.6 is 0 Å². The van der Waals surface area contributed by atoms with E-state index in [-0.39, 0.29) is 11.9 Å². The molecule has 1 unspecified atom stereocenters. The highest BCUT2D eigenvalue weighted by molar-refractivity contribution is 5.77. The average Bonchev–Trinajstić information content (AvgIpc) is 2.25. The Balaban J connectivity index is 2.47. The van der Waals surface area contributed by atoms with E-state index in [1.54, 1.807) is 12.0 Å². The molecule has 14 heavy (non-hydrogen) atoms. The van der Waals surface area contributed by atoms with Gasteiger partial charge < -0.3 is 15.0 Å². The first-order valence-corrected chi connectivity index (χ1v) is 4.68. The number of nitrogens with zero attached hydrogens (tertiary/aromatic N) is 2. The van der Waals surface area contributed by atoms with Crippen molar-refractivity contribution in [1.82, 2.24) is 10.2 Å². The predicted octanol–water partition coefficient (Wildman–Crippen LogP) is -0.653. The summed E-state index contributed by atoms with van der Waals surface area (Å²) in [6, 6.07) is 1.79. The van der Waals surface area contributed by atoms with Crippen LogP contribution in [0.5, 0.6) is 0 Å². The molecule has 0 saturated carbocycles. The van der Waals surface area contributed by atoms with Gasteiger partial charge in [-0.3, -0.25) is 4.79 Å². The molecule has 5 heteroatoms. The highest BCUT2D eigenvalue weighted by atomic mass is 16.5. The molecule has 0 aromatic carbocycles. The van der Waals surface area contributed by atoms with Crippen molar-refractivity contribution in [3.63, 3.8) is 0 Å². The summed E-state index contributed by atoms with van der Waals surface area (Å²) < 4.78 is 4.83. The largest absolute Gasteiger partial charge is 0.384 e. The lowest BCUT2D eigenvalue weighted by Crippen LogP contribution is -2.53. The van der Waals surface area contributed by atoms with Crippen LogP contribution in [0, 0.1) is 11.3 Å². The molecule has 1 amide bonds. The highest BCUT2D eigenvalue weighted by Gasteiger charge is 2.25. The number of rotatable bonds is 3. The zero-order valence-corrected chi connectivity index (χ0v) is 8.32. The number of methoxy groups -OCH3 is 1. The maximum Gasteiger partial charge on any atom is 0.226 e. The molecule has 1 rings (SSSR count). The minimum atomic E-state index is -0.326.